The molecule has 0 aliphatic carbocycles. The largest absolute Gasteiger partial charge is 0.347 e. The summed E-state index contributed by atoms with van der Waals surface area (Å²) < 4.78 is 0. The maximum atomic E-state index is 11.5. The molecule has 0 aromatic heterocycles. The van der Waals surface area contributed by atoms with E-state index in [-0.39, 0.29) is 11.9 Å². The molecule has 1 heterocycles. The summed E-state index contributed by atoms with van der Waals surface area (Å²) in [4.78, 5) is 11.5. The van der Waals surface area contributed by atoms with Crippen LogP contribution in [-0.4, -0.2) is 37.6 Å². The molecule has 0 unspecified atom stereocenters. The zero-order chi connectivity index (χ0) is 11.1. The Hall–Kier alpha value is -0.870. The molecule has 86 valence electrons. The second kappa shape index (κ2) is 6.58. The number of hydrogen-bond donors (Lipinski definition) is 3. The van der Waals surface area contributed by atoms with Crippen molar-refractivity contribution in [2.45, 2.75) is 32.4 Å². The van der Waals surface area contributed by atoms with Crippen LogP contribution in [0.3, 0.4) is 0 Å². The zero-order valence-electron chi connectivity index (χ0n) is 9.55. The van der Waals surface area contributed by atoms with Gasteiger partial charge in [-0.2, -0.15) is 0 Å². The molecule has 1 fully saturated rings. The number of carbonyl (C=O) groups is 1. The SMILES string of the molecule is CC/C=C/C(=O)N[C@@H]1CNC[C@H]1NCC. The molecule has 0 bridgehead atoms. The molecule has 0 spiro atoms. The van der Waals surface area contributed by atoms with Crippen LogP contribution in [0.2, 0.25) is 0 Å². The van der Waals surface area contributed by atoms with Gasteiger partial charge in [-0.3, -0.25) is 4.79 Å². The smallest absolute Gasteiger partial charge is 0.243 e. The number of hydrogen-bond acceptors (Lipinski definition) is 3. The van der Waals surface area contributed by atoms with Crippen LogP contribution < -0.4 is 16.0 Å². The highest BCUT2D eigenvalue weighted by molar-refractivity contribution is 5.87. The van der Waals surface area contributed by atoms with Crippen LogP contribution in [0.4, 0.5) is 0 Å². The molecule has 15 heavy (non-hydrogen) atoms. The number of likely N-dealkylation sites (N-methyl/N-ethyl adjacent to an activating group) is 1. The number of nitrogens with one attached hydrogen (secondary N) is 3. The molecule has 1 aliphatic heterocycles. The van der Waals surface area contributed by atoms with E-state index >= 15 is 0 Å². The summed E-state index contributed by atoms with van der Waals surface area (Å²) in [5.41, 5.74) is 0. The minimum Gasteiger partial charge on any atom is -0.347 e. The Kier molecular flexibility index (Phi) is 5.36. The summed E-state index contributed by atoms with van der Waals surface area (Å²) in [6.07, 6.45) is 4.38. The molecule has 4 heteroatoms. The van der Waals surface area contributed by atoms with Crippen LogP contribution in [0, 0.1) is 0 Å². The van der Waals surface area contributed by atoms with Gasteiger partial charge in [-0.25, -0.2) is 0 Å². The predicted octanol–water partition coefficient (Wildman–Crippen LogP) is 0.0187. The lowest BCUT2D eigenvalue weighted by Crippen LogP contribution is -2.48. The van der Waals surface area contributed by atoms with Gasteiger partial charge in [-0.1, -0.05) is 19.9 Å². The van der Waals surface area contributed by atoms with E-state index in [0.29, 0.717) is 6.04 Å². The van der Waals surface area contributed by atoms with Crippen LogP contribution in [0.15, 0.2) is 12.2 Å². The number of allylic oxidation sites excluding steroid dienone is 1. The highest BCUT2D eigenvalue weighted by Crippen LogP contribution is 1.99. The van der Waals surface area contributed by atoms with E-state index in [1.165, 1.54) is 0 Å². The summed E-state index contributed by atoms with van der Waals surface area (Å²) in [5.74, 6) is 0.00783. The second-order valence-electron chi connectivity index (χ2n) is 3.75. The van der Waals surface area contributed by atoms with Gasteiger partial charge in [0.1, 0.15) is 0 Å². The Morgan fingerprint density at radius 3 is 2.80 bits per heavy atom. The van der Waals surface area contributed by atoms with Gasteiger partial charge in [-0.15, -0.1) is 0 Å². The van der Waals surface area contributed by atoms with E-state index in [9.17, 15) is 4.79 Å². The molecule has 3 N–H and O–H groups in total. The molecule has 0 radical (unpaired) electrons. The van der Waals surface area contributed by atoms with Crippen LogP contribution in [0.5, 0.6) is 0 Å². The third-order valence-corrected chi connectivity index (χ3v) is 2.51. The lowest BCUT2D eigenvalue weighted by atomic mass is 10.1. The zero-order valence-corrected chi connectivity index (χ0v) is 9.55. The van der Waals surface area contributed by atoms with Gasteiger partial charge in [0.05, 0.1) is 6.04 Å². The van der Waals surface area contributed by atoms with Gasteiger partial charge in [0.15, 0.2) is 0 Å². The van der Waals surface area contributed by atoms with E-state index in [0.717, 1.165) is 26.1 Å². The molecule has 1 saturated heterocycles. The summed E-state index contributed by atoms with van der Waals surface area (Å²) in [6.45, 7) is 6.81. The molecule has 1 rings (SSSR count). The van der Waals surface area contributed by atoms with E-state index in [4.69, 9.17) is 0 Å². The molecule has 0 saturated carbocycles. The first-order valence-corrected chi connectivity index (χ1v) is 5.69. The third-order valence-electron chi connectivity index (χ3n) is 2.51. The molecular weight excluding hydrogens is 190 g/mol. The van der Waals surface area contributed by atoms with Crippen molar-refractivity contribution in [3.05, 3.63) is 12.2 Å². The predicted molar refractivity (Wildman–Crippen MR) is 61.7 cm³/mol. The molecule has 1 amide bonds. The minimum atomic E-state index is 0.00783. The van der Waals surface area contributed by atoms with Crippen LogP contribution in [0.25, 0.3) is 0 Å². The van der Waals surface area contributed by atoms with Crippen molar-refractivity contribution in [3.8, 4) is 0 Å². The Morgan fingerprint density at radius 2 is 2.13 bits per heavy atom. The topological polar surface area (TPSA) is 53.2 Å². The summed E-state index contributed by atoms with van der Waals surface area (Å²) in [6, 6.07) is 0.563. The van der Waals surface area contributed by atoms with Gasteiger partial charge < -0.3 is 16.0 Å². The van der Waals surface area contributed by atoms with Crippen LogP contribution >= 0.6 is 0 Å². The Labute approximate surface area is 91.5 Å². The van der Waals surface area contributed by atoms with E-state index in [1.807, 2.05) is 13.0 Å². The van der Waals surface area contributed by atoms with E-state index in [1.54, 1.807) is 6.08 Å². The number of amides is 1. The van der Waals surface area contributed by atoms with Crippen LogP contribution in [-0.2, 0) is 4.79 Å². The van der Waals surface area contributed by atoms with E-state index in [2.05, 4.69) is 22.9 Å². The fraction of sp³-hybridized carbons (Fsp3) is 0.727. The maximum Gasteiger partial charge on any atom is 0.243 e. The van der Waals surface area contributed by atoms with Crippen molar-refractivity contribution in [2.75, 3.05) is 19.6 Å². The molecule has 2 atom stereocenters. The van der Waals surface area contributed by atoms with Gasteiger partial charge >= 0.3 is 0 Å². The van der Waals surface area contributed by atoms with Crippen molar-refractivity contribution >= 4 is 5.91 Å². The fourth-order valence-corrected chi connectivity index (χ4v) is 1.76. The average molecular weight is 211 g/mol. The number of rotatable bonds is 5. The summed E-state index contributed by atoms with van der Waals surface area (Å²) >= 11 is 0. The molecule has 0 aromatic rings. The molecule has 1 aliphatic rings. The normalized spacial score (nSPS) is 26.0. The monoisotopic (exact) mass is 211 g/mol. The highest BCUT2D eigenvalue weighted by atomic mass is 16.1. The van der Waals surface area contributed by atoms with Crippen molar-refractivity contribution in [1.29, 1.82) is 0 Å². The Balaban J connectivity index is 2.36. The van der Waals surface area contributed by atoms with Crippen LogP contribution in [0.1, 0.15) is 20.3 Å². The molecular formula is C11H21N3O. The highest BCUT2D eigenvalue weighted by Gasteiger charge is 2.26. The fourth-order valence-electron chi connectivity index (χ4n) is 1.76. The minimum absolute atomic E-state index is 0.00783. The lowest BCUT2D eigenvalue weighted by molar-refractivity contribution is -0.117. The van der Waals surface area contributed by atoms with Crippen molar-refractivity contribution < 1.29 is 4.79 Å². The Morgan fingerprint density at radius 1 is 1.40 bits per heavy atom. The van der Waals surface area contributed by atoms with E-state index < -0.39 is 0 Å². The van der Waals surface area contributed by atoms with Gasteiger partial charge in [0, 0.05) is 19.1 Å². The average Bonchev–Trinajstić information content (AvgIpc) is 2.63. The van der Waals surface area contributed by atoms with Crippen molar-refractivity contribution in [2.24, 2.45) is 0 Å². The summed E-state index contributed by atoms with van der Waals surface area (Å²) in [5, 5.41) is 9.62. The first-order valence-electron chi connectivity index (χ1n) is 5.69. The maximum absolute atomic E-state index is 11.5. The number of carbonyl (C=O) groups excluding carboxylic acids is 1. The third kappa shape index (κ3) is 4.01. The first-order chi connectivity index (χ1) is 7.27. The molecule has 0 aromatic carbocycles. The standard InChI is InChI=1S/C11H21N3O/c1-3-5-6-11(15)14-10-8-12-7-9(10)13-4-2/h5-6,9-10,12-13H,3-4,7-8H2,1-2H3,(H,14,15)/b6-5+/t9-,10-/m1/s1. The van der Waals surface area contributed by atoms with Crippen molar-refractivity contribution in [3.63, 3.8) is 0 Å². The second-order valence-corrected chi connectivity index (χ2v) is 3.75. The van der Waals surface area contributed by atoms with Gasteiger partial charge in [-0.05, 0) is 19.0 Å². The quantitative estimate of drug-likeness (QED) is 0.562. The van der Waals surface area contributed by atoms with Gasteiger partial charge in [0.25, 0.3) is 0 Å². The lowest BCUT2D eigenvalue weighted by Gasteiger charge is -2.19. The first kappa shape index (κ1) is 12.2. The van der Waals surface area contributed by atoms with Crippen molar-refractivity contribution in [1.82, 2.24) is 16.0 Å². The van der Waals surface area contributed by atoms with Gasteiger partial charge in [0.2, 0.25) is 5.91 Å². The summed E-state index contributed by atoms with van der Waals surface area (Å²) in [7, 11) is 0. The molecule has 4 nitrogen and oxygen atoms in total. The Bertz CT molecular complexity index is 228.